The van der Waals surface area contributed by atoms with E-state index in [0.717, 1.165) is 0 Å². The van der Waals surface area contributed by atoms with Gasteiger partial charge in [-0.1, -0.05) is 5.16 Å². The molecule has 0 radical (unpaired) electrons. The van der Waals surface area contributed by atoms with Crippen molar-refractivity contribution in [1.82, 2.24) is 15.8 Å². The molecule has 0 bridgehead atoms. The molecule has 27 heavy (non-hydrogen) atoms. The lowest BCUT2D eigenvalue weighted by atomic mass is 10.1. The number of aromatic nitrogens is 1. The number of nitrogens with one attached hydrogen (secondary N) is 2. The Bertz CT molecular complexity index is 835. The van der Waals surface area contributed by atoms with Gasteiger partial charge in [-0.15, -0.1) is 0 Å². The molecule has 0 aliphatic rings. The largest absolute Gasteiger partial charge is 0.494 e. The molecule has 1 atom stereocenters. The van der Waals surface area contributed by atoms with Gasteiger partial charge in [-0.3, -0.25) is 9.59 Å². The number of carbonyl (C=O) groups excluding carboxylic acids is 2. The van der Waals surface area contributed by atoms with Gasteiger partial charge in [0.2, 0.25) is 5.91 Å². The van der Waals surface area contributed by atoms with Gasteiger partial charge in [-0.25, -0.2) is 4.39 Å². The van der Waals surface area contributed by atoms with Crippen molar-refractivity contribution < 1.29 is 23.2 Å². The second-order valence-electron chi connectivity index (χ2n) is 6.04. The summed E-state index contributed by atoms with van der Waals surface area (Å²) in [7, 11) is 4.75. The van der Waals surface area contributed by atoms with E-state index in [1.54, 1.807) is 32.8 Å². The molecule has 1 heterocycles. The summed E-state index contributed by atoms with van der Waals surface area (Å²) in [5.41, 5.74) is 0.564. The minimum Gasteiger partial charge on any atom is -0.494 e. The van der Waals surface area contributed by atoms with Crippen LogP contribution in [0.25, 0.3) is 11.3 Å². The number of benzene rings is 1. The minimum absolute atomic E-state index is 0.0114. The maximum Gasteiger partial charge on any atom is 0.259 e. The lowest BCUT2D eigenvalue weighted by Gasteiger charge is -2.15. The molecule has 0 saturated carbocycles. The van der Waals surface area contributed by atoms with Gasteiger partial charge in [0.05, 0.1) is 7.11 Å². The molecule has 2 rings (SSSR count). The molecule has 2 N–H and O–H groups in total. The number of hydrogen-bond donors (Lipinski definition) is 2. The lowest BCUT2D eigenvalue weighted by molar-refractivity contribution is -0.122. The molecular weight excluding hydrogens is 355 g/mol. The van der Waals surface area contributed by atoms with E-state index in [1.165, 1.54) is 25.3 Å². The number of rotatable bonds is 7. The summed E-state index contributed by atoms with van der Waals surface area (Å²) in [6, 6.07) is 3.34. The standard InChI is InChI=1S/C18H23FN4O4/c1-6-20-17(24)10(2)21-18(25)14-15(27-22-16(14)23(3)4)11-7-8-12(19)13(9-11)26-5/h7-10H,6H2,1-5H3,(H,20,24)(H,21,25). The van der Waals surface area contributed by atoms with Crippen molar-refractivity contribution >= 4 is 17.6 Å². The van der Waals surface area contributed by atoms with Crippen LogP contribution < -0.4 is 20.3 Å². The fraction of sp³-hybridized carbons (Fsp3) is 0.389. The van der Waals surface area contributed by atoms with Crippen LogP contribution in [0.3, 0.4) is 0 Å². The number of likely N-dealkylation sites (N-methyl/N-ethyl adjacent to an activating group) is 1. The van der Waals surface area contributed by atoms with Gasteiger partial charge in [0.1, 0.15) is 11.6 Å². The average Bonchev–Trinajstić information content (AvgIpc) is 3.07. The molecule has 8 nitrogen and oxygen atoms in total. The van der Waals surface area contributed by atoms with Crippen molar-refractivity contribution in [3.8, 4) is 17.1 Å². The Balaban J connectivity index is 2.44. The van der Waals surface area contributed by atoms with E-state index in [4.69, 9.17) is 9.26 Å². The molecule has 9 heteroatoms. The molecule has 0 fully saturated rings. The number of ether oxygens (including phenoxy) is 1. The highest BCUT2D eigenvalue weighted by molar-refractivity contribution is 6.05. The lowest BCUT2D eigenvalue weighted by Crippen LogP contribution is -2.45. The summed E-state index contributed by atoms with van der Waals surface area (Å²) in [5.74, 6) is -0.927. The predicted octanol–water partition coefficient (Wildman–Crippen LogP) is 1.81. The predicted molar refractivity (Wildman–Crippen MR) is 98.4 cm³/mol. The molecule has 146 valence electrons. The van der Waals surface area contributed by atoms with Gasteiger partial charge in [0, 0.05) is 26.2 Å². The summed E-state index contributed by atoms with van der Waals surface area (Å²) in [5, 5.41) is 9.20. The quantitative estimate of drug-likeness (QED) is 0.763. The number of amides is 2. The maximum absolute atomic E-state index is 13.7. The van der Waals surface area contributed by atoms with Crippen molar-refractivity contribution in [3.05, 3.63) is 29.6 Å². The zero-order valence-electron chi connectivity index (χ0n) is 15.9. The number of methoxy groups -OCH3 is 1. The monoisotopic (exact) mass is 378 g/mol. The third-order valence-corrected chi connectivity index (χ3v) is 3.83. The molecule has 0 aliphatic heterocycles. The number of halogens is 1. The Morgan fingerprint density at radius 3 is 2.67 bits per heavy atom. The molecule has 1 aromatic carbocycles. The first-order chi connectivity index (χ1) is 12.8. The Kier molecular flexibility index (Phi) is 6.38. The third kappa shape index (κ3) is 4.36. The van der Waals surface area contributed by atoms with E-state index in [1.807, 2.05) is 0 Å². The fourth-order valence-corrected chi connectivity index (χ4v) is 2.45. The van der Waals surface area contributed by atoms with E-state index in [0.29, 0.717) is 12.1 Å². The Labute approximate surface area is 156 Å². The van der Waals surface area contributed by atoms with Crippen LogP contribution in [0, 0.1) is 5.82 Å². The van der Waals surface area contributed by atoms with E-state index < -0.39 is 17.8 Å². The number of carbonyl (C=O) groups is 2. The minimum atomic E-state index is -0.752. The first kappa shape index (κ1) is 20.2. The normalized spacial score (nSPS) is 11.6. The van der Waals surface area contributed by atoms with Crippen LogP contribution in [-0.2, 0) is 4.79 Å². The number of anilines is 1. The number of hydrogen-bond acceptors (Lipinski definition) is 6. The van der Waals surface area contributed by atoms with Crippen molar-refractivity contribution in [3.63, 3.8) is 0 Å². The number of nitrogens with zero attached hydrogens (tertiary/aromatic N) is 2. The highest BCUT2D eigenvalue weighted by Gasteiger charge is 2.28. The molecule has 0 aliphatic carbocycles. The van der Waals surface area contributed by atoms with Gasteiger partial charge in [0.15, 0.2) is 23.1 Å². The second kappa shape index (κ2) is 8.52. The Morgan fingerprint density at radius 2 is 2.07 bits per heavy atom. The molecule has 1 aromatic heterocycles. The van der Waals surface area contributed by atoms with Crippen molar-refractivity contribution in [1.29, 1.82) is 0 Å². The van der Waals surface area contributed by atoms with Crippen LogP contribution in [0.2, 0.25) is 0 Å². The van der Waals surface area contributed by atoms with Gasteiger partial charge < -0.3 is 24.8 Å². The average molecular weight is 378 g/mol. The maximum atomic E-state index is 13.7. The Hall–Kier alpha value is -3.10. The van der Waals surface area contributed by atoms with Crippen LogP contribution in [-0.4, -0.2) is 50.8 Å². The van der Waals surface area contributed by atoms with Gasteiger partial charge in [0.25, 0.3) is 5.91 Å². The van der Waals surface area contributed by atoms with E-state index in [2.05, 4.69) is 15.8 Å². The summed E-state index contributed by atoms with van der Waals surface area (Å²) in [6.07, 6.45) is 0. The highest BCUT2D eigenvalue weighted by Crippen LogP contribution is 2.33. The van der Waals surface area contributed by atoms with E-state index in [9.17, 15) is 14.0 Å². The van der Waals surface area contributed by atoms with E-state index >= 15 is 0 Å². The molecule has 2 aromatic rings. The SMILES string of the molecule is CCNC(=O)C(C)NC(=O)c1c(N(C)C)noc1-c1ccc(F)c(OC)c1. The second-order valence-corrected chi connectivity index (χ2v) is 6.04. The van der Waals surface area contributed by atoms with Gasteiger partial charge >= 0.3 is 0 Å². The third-order valence-electron chi connectivity index (χ3n) is 3.83. The van der Waals surface area contributed by atoms with Gasteiger partial charge in [-0.05, 0) is 32.0 Å². The molecule has 0 saturated heterocycles. The van der Waals surface area contributed by atoms with Crippen LogP contribution in [0.5, 0.6) is 5.75 Å². The molecular formula is C18H23FN4O4. The molecule has 2 amide bonds. The van der Waals surface area contributed by atoms with E-state index in [-0.39, 0.29) is 28.8 Å². The van der Waals surface area contributed by atoms with Gasteiger partial charge in [-0.2, -0.15) is 0 Å². The van der Waals surface area contributed by atoms with Crippen LogP contribution >= 0.6 is 0 Å². The zero-order chi connectivity index (χ0) is 20.1. The highest BCUT2D eigenvalue weighted by atomic mass is 19.1. The van der Waals surface area contributed by atoms with Crippen LogP contribution in [0.15, 0.2) is 22.7 Å². The van der Waals surface area contributed by atoms with Crippen molar-refractivity contribution in [2.45, 2.75) is 19.9 Å². The first-order valence-electron chi connectivity index (χ1n) is 8.39. The van der Waals surface area contributed by atoms with Crippen LogP contribution in [0.1, 0.15) is 24.2 Å². The topological polar surface area (TPSA) is 96.7 Å². The van der Waals surface area contributed by atoms with Crippen molar-refractivity contribution in [2.75, 3.05) is 32.6 Å². The summed E-state index contributed by atoms with van der Waals surface area (Å²) < 4.78 is 24.1. The smallest absolute Gasteiger partial charge is 0.259 e. The van der Waals surface area contributed by atoms with Crippen LogP contribution in [0.4, 0.5) is 10.2 Å². The molecule has 1 unspecified atom stereocenters. The zero-order valence-corrected chi connectivity index (χ0v) is 15.9. The molecule has 0 spiro atoms. The first-order valence-corrected chi connectivity index (χ1v) is 8.39. The Morgan fingerprint density at radius 1 is 1.37 bits per heavy atom. The summed E-state index contributed by atoms with van der Waals surface area (Å²) in [6.45, 7) is 3.82. The fourth-order valence-electron chi connectivity index (χ4n) is 2.45. The summed E-state index contributed by atoms with van der Waals surface area (Å²) in [4.78, 5) is 26.4. The summed E-state index contributed by atoms with van der Waals surface area (Å²) >= 11 is 0. The van der Waals surface area contributed by atoms with Crippen molar-refractivity contribution in [2.24, 2.45) is 0 Å².